The van der Waals surface area contributed by atoms with E-state index in [-0.39, 0.29) is 37.7 Å². The molecule has 70 heavy (non-hydrogen) atoms. The SMILES string of the molecule is COc1cc(OCC(=O)O)ccc1-c1cc(CN(CC(=O)O)CC(=O)O)nc(CN(CCc2ccc(N)cc2)Cc2cc(-c3ccc(OCC(=O)O)cc3OC)cc(CN(CC(=O)O)CC(=O)O)n2)c1. The van der Waals surface area contributed by atoms with Crippen molar-refractivity contribution in [2.45, 2.75) is 32.6 Å². The minimum atomic E-state index is -1.26. The number of carboxylic acids is 6. The fourth-order valence-electron chi connectivity index (χ4n) is 7.43. The van der Waals surface area contributed by atoms with Crippen molar-refractivity contribution in [3.05, 3.63) is 113 Å². The van der Waals surface area contributed by atoms with E-state index < -0.39 is 75.2 Å². The van der Waals surface area contributed by atoms with Crippen LogP contribution < -0.4 is 24.7 Å². The zero-order chi connectivity index (χ0) is 50.9. The van der Waals surface area contributed by atoms with Gasteiger partial charge in [-0.25, -0.2) is 9.59 Å². The summed E-state index contributed by atoms with van der Waals surface area (Å²) >= 11 is 0. The molecule has 0 saturated carbocycles. The number of pyridine rings is 2. The highest BCUT2D eigenvalue weighted by Crippen LogP contribution is 2.36. The summed E-state index contributed by atoms with van der Waals surface area (Å²) in [5.41, 5.74) is 11.1. The number of benzene rings is 3. The molecule has 0 fully saturated rings. The number of carbonyl (C=O) groups is 6. The Morgan fingerprint density at radius 3 is 1.17 bits per heavy atom. The average molecular weight is 969 g/mol. The van der Waals surface area contributed by atoms with E-state index in [1.807, 2.05) is 17.0 Å². The zero-order valence-electron chi connectivity index (χ0n) is 38.1. The van der Waals surface area contributed by atoms with Crippen LogP contribution in [-0.2, 0) is 61.4 Å². The van der Waals surface area contributed by atoms with E-state index in [9.17, 15) is 49.2 Å². The molecule has 0 saturated heterocycles. The smallest absolute Gasteiger partial charge is 0.341 e. The van der Waals surface area contributed by atoms with Crippen LogP contribution in [0.5, 0.6) is 23.0 Å². The number of nitrogens with two attached hydrogens (primary N) is 1. The van der Waals surface area contributed by atoms with Gasteiger partial charge in [0.2, 0.25) is 0 Å². The van der Waals surface area contributed by atoms with Gasteiger partial charge < -0.3 is 55.3 Å². The maximum Gasteiger partial charge on any atom is 0.341 e. The van der Waals surface area contributed by atoms with Crippen LogP contribution in [0.15, 0.2) is 84.9 Å². The first-order chi connectivity index (χ1) is 33.3. The van der Waals surface area contributed by atoms with E-state index in [0.29, 0.717) is 75.2 Å². The molecule has 370 valence electrons. The van der Waals surface area contributed by atoms with Crippen molar-refractivity contribution >= 4 is 41.5 Å². The zero-order valence-corrected chi connectivity index (χ0v) is 38.1. The molecule has 0 radical (unpaired) electrons. The van der Waals surface area contributed by atoms with E-state index in [2.05, 4.69) is 0 Å². The van der Waals surface area contributed by atoms with Crippen LogP contribution in [0.3, 0.4) is 0 Å². The molecule has 0 amide bonds. The molecule has 0 unspecified atom stereocenters. The van der Waals surface area contributed by atoms with Gasteiger partial charge in [0.1, 0.15) is 23.0 Å². The Labute approximate surface area is 400 Å². The molecule has 0 spiro atoms. The number of anilines is 1. The molecule has 5 rings (SSSR count). The first kappa shape index (κ1) is 52.6. The minimum absolute atomic E-state index is 0.111. The van der Waals surface area contributed by atoms with Gasteiger partial charge in [-0.1, -0.05) is 12.1 Å². The summed E-state index contributed by atoms with van der Waals surface area (Å²) in [6.45, 7) is -3.42. The third kappa shape index (κ3) is 16.8. The molecule has 0 aliphatic carbocycles. The molecule has 22 nitrogen and oxygen atoms in total. The van der Waals surface area contributed by atoms with Gasteiger partial charge in [-0.2, -0.15) is 0 Å². The number of rotatable bonds is 29. The van der Waals surface area contributed by atoms with Gasteiger partial charge in [-0.3, -0.25) is 43.8 Å². The molecule has 0 aliphatic heterocycles. The van der Waals surface area contributed by atoms with Crippen molar-refractivity contribution in [1.29, 1.82) is 0 Å². The molecule has 0 atom stereocenters. The summed E-state index contributed by atoms with van der Waals surface area (Å²) in [7, 11) is 2.83. The highest BCUT2D eigenvalue weighted by molar-refractivity contribution is 5.76. The van der Waals surface area contributed by atoms with E-state index in [0.717, 1.165) is 5.56 Å². The van der Waals surface area contributed by atoms with Crippen molar-refractivity contribution in [3.8, 4) is 45.3 Å². The van der Waals surface area contributed by atoms with E-state index >= 15 is 0 Å². The second-order valence-corrected chi connectivity index (χ2v) is 15.8. The first-order valence-corrected chi connectivity index (χ1v) is 21.3. The Balaban J connectivity index is 1.65. The third-order valence-electron chi connectivity index (χ3n) is 10.2. The topological polar surface area (TPSA) is 322 Å². The molecule has 5 aromatic rings. The lowest BCUT2D eigenvalue weighted by Gasteiger charge is -2.25. The molecule has 3 aromatic carbocycles. The van der Waals surface area contributed by atoms with E-state index in [1.165, 1.54) is 36.2 Å². The van der Waals surface area contributed by atoms with Gasteiger partial charge in [0.05, 0.1) is 63.2 Å². The number of methoxy groups -OCH3 is 2. The summed E-state index contributed by atoms with van der Waals surface area (Å²) < 4.78 is 22.1. The molecule has 22 heteroatoms. The van der Waals surface area contributed by atoms with Gasteiger partial charge >= 0.3 is 35.8 Å². The highest BCUT2D eigenvalue weighted by atomic mass is 16.5. The Kier molecular flexibility index (Phi) is 18.9. The van der Waals surface area contributed by atoms with Crippen molar-refractivity contribution in [1.82, 2.24) is 24.7 Å². The van der Waals surface area contributed by atoms with Crippen molar-refractivity contribution in [2.75, 3.05) is 65.9 Å². The molecule has 8 N–H and O–H groups in total. The standard InChI is InChI=1S/C48H52N6O16/c1-67-41-17-37(69-27-47(63)64)7-9-39(41)30-13-33(50-35(15-30)21-53(23-43(55)56)24-44(57)58)19-52(12-11-29-3-5-32(49)6-4-29)20-34-14-31(16-36(51-34)22-54(25-45(59)60)26-46(61)62)40-10-8-38(18-42(40)68-2)70-28-48(65)66/h3-10,13-18H,11-12,19-28,49H2,1-2H3,(H,55,56)(H,57,58)(H,59,60)(H,61,62)(H,63,64)(H,65,66). The fraction of sp³-hybridized carbons (Fsp3) is 0.292. The number of hydrogen-bond acceptors (Lipinski definition) is 16. The first-order valence-electron chi connectivity index (χ1n) is 21.3. The van der Waals surface area contributed by atoms with Crippen molar-refractivity contribution in [3.63, 3.8) is 0 Å². The number of aromatic nitrogens is 2. The average Bonchev–Trinajstić information content (AvgIpc) is 3.28. The Morgan fingerprint density at radius 1 is 0.486 bits per heavy atom. The molecule has 0 aliphatic rings. The molecule has 2 aromatic heterocycles. The van der Waals surface area contributed by atoms with Gasteiger partial charge in [-0.05, 0) is 83.8 Å². The number of carboxylic acid groups (broad SMARTS) is 6. The lowest BCUT2D eigenvalue weighted by Crippen LogP contribution is -2.34. The normalized spacial score (nSPS) is 11.1. The molecular weight excluding hydrogens is 917 g/mol. The van der Waals surface area contributed by atoms with Gasteiger partial charge in [-0.15, -0.1) is 0 Å². The number of aliphatic carboxylic acids is 6. The van der Waals surface area contributed by atoms with Crippen molar-refractivity contribution in [2.24, 2.45) is 0 Å². The quantitative estimate of drug-likeness (QED) is 0.0337. The largest absolute Gasteiger partial charge is 0.496 e. The van der Waals surface area contributed by atoms with Gasteiger partial charge in [0, 0.05) is 61.7 Å². The maximum absolute atomic E-state index is 11.8. The monoisotopic (exact) mass is 968 g/mol. The fourth-order valence-corrected chi connectivity index (χ4v) is 7.43. The van der Waals surface area contributed by atoms with E-state index in [1.54, 1.807) is 60.7 Å². The van der Waals surface area contributed by atoms with Gasteiger partial charge in [0.15, 0.2) is 13.2 Å². The predicted octanol–water partition coefficient (Wildman–Crippen LogP) is 3.52. The lowest BCUT2D eigenvalue weighted by molar-refractivity contribution is -0.144. The number of nitrogen functional groups attached to an aromatic ring is 1. The number of nitrogens with zero attached hydrogens (tertiary/aromatic N) is 5. The number of ether oxygens (including phenoxy) is 4. The predicted molar refractivity (Wildman–Crippen MR) is 248 cm³/mol. The van der Waals surface area contributed by atoms with Gasteiger partial charge in [0.25, 0.3) is 0 Å². The van der Waals surface area contributed by atoms with Crippen LogP contribution in [0.25, 0.3) is 22.3 Å². The second-order valence-electron chi connectivity index (χ2n) is 15.8. The summed E-state index contributed by atoms with van der Waals surface area (Å²) in [5, 5.41) is 56.9. The Hall–Kier alpha value is -8.34. The summed E-state index contributed by atoms with van der Waals surface area (Å²) in [6.07, 6.45) is 0.493. The van der Waals surface area contributed by atoms with E-state index in [4.69, 9.17) is 44.9 Å². The summed E-state index contributed by atoms with van der Waals surface area (Å²) in [6, 6.07) is 23.6. The lowest BCUT2D eigenvalue weighted by atomic mass is 10.0. The number of hydrogen-bond donors (Lipinski definition) is 7. The van der Waals surface area contributed by atoms with Crippen LogP contribution >= 0.6 is 0 Å². The summed E-state index contributed by atoms with van der Waals surface area (Å²) in [5.74, 6) is -6.38. The van der Waals surface area contributed by atoms with Crippen LogP contribution in [0.4, 0.5) is 5.69 Å². The third-order valence-corrected chi connectivity index (χ3v) is 10.2. The minimum Gasteiger partial charge on any atom is -0.496 e. The van der Waals surface area contributed by atoms with Crippen LogP contribution in [0.1, 0.15) is 28.3 Å². The Bertz CT molecular complexity index is 2490. The Morgan fingerprint density at radius 2 is 0.843 bits per heavy atom. The molecular formula is C48H52N6O16. The van der Waals surface area contributed by atoms with Crippen LogP contribution in [0, 0.1) is 0 Å². The second kappa shape index (κ2) is 25.1. The van der Waals surface area contributed by atoms with Crippen LogP contribution in [-0.4, -0.2) is 151 Å². The maximum atomic E-state index is 11.8. The molecule has 2 heterocycles. The van der Waals surface area contributed by atoms with Crippen molar-refractivity contribution < 1.29 is 78.4 Å². The molecule has 0 bridgehead atoms. The highest BCUT2D eigenvalue weighted by Gasteiger charge is 2.22. The van der Waals surface area contributed by atoms with Crippen LogP contribution in [0.2, 0.25) is 0 Å². The summed E-state index contributed by atoms with van der Waals surface area (Å²) in [4.78, 5) is 84.0.